The van der Waals surface area contributed by atoms with Crippen molar-refractivity contribution in [2.24, 2.45) is 16.5 Å². The molecule has 5 heteroatoms. The molecule has 0 aromatic rings. The Morgan fingerprint density at radius 1 is 1.33 bits per heavy atom. The number of ketones is 1. The normalized spacial score (nSPS) is 26.4. The Morgan fingerprint density at radius 3 is 2.56 bits per heavy atom. The molecule has 0 saturated carbocycles. The maximum Gasteiger partial charge on any atom is 0.168 e. The van der Waals surface area contributed by atoms with Gasteiger partial charge in [-0.2, -0.15) is 0 Å². The highest BCUT2D eigenvalue weighted by molar-refractivity contribution is 9.09. The third kappa shape index (κ3) is 4.56. The molecule has 1 N–H and O–H groups in total. The lowest BCUT2D eigenvalue weighted by atomic mass is 9.70. The van der Waals surface area contributed by atoms with Crippen molar-refractivity contribution in [1.29, 1.82) is 0 Å². The van der Waals surface area contributed by atoms with Crippen LogP contribution in [0.25, 0.3) is 0 Å². The van der Waals surface area contributed by atoms with Gasteiger partial charge >= 0.3 is 0 Å². The first-order valence-corrected chi connectivity index (χ1v) is 10.7. The Balaban J connectivity index is 2.36. The largest absolute Gasteiger partial charge is 0.511 e. The third-order valence-electron chi connectivity index (χ3n) is 5.75. The van der Waals surface area contributed by atoms with E-state index in [1.54, 1.807) is 0 Å². The summed E-state index contributed by atoms with van der Waals surface area (Å²) in [6.45, 7) is 13.0. The van der Waals surface area contributed by atoms with E-state index in [0.29, 0.717) is 37.2 Å². The van der Waals surface area contributed by atoms with Gasteiger partial charge in [-0.1, -0.05) is 71.1 Å². The highest BCUT2D eigenvalue weighted by atomic mass is 79.9. The highest BCUT2D eigenvalue weighted by Gasteiger charge is 2.38. The number of aliphatic hydroxyl groups excluding tert-OH is 1. The van der Waals surface area contributed by atoms with Crippen molar-refractivity contribution in [2.75, 3.05) is 6.61 Å². The number of aliphatic hydroxyl groups is 1. The molecule has 150 valence electrons. The van der Waals surface area contributed by atoms with Gasteiger partial charge in [-0.15, -0.1) is 0 Å². The lowest BCUT2D eigenvalue weighted by Crippen LogP contribution is -2.31. The predicted molar refractivity (Wildman–Crippen MR) is 114 cm³/mol. The molecule has 0 bridgehead atoms. The Labute approximate surface area is 171 Å². The Hall–Kier alpha value is -1.36. The van der Waals surface area contributed by atoms with Crippen molar-refractivity contribution >= 4 is 27.4 Å². The molecule has 0 spiro atoms. The second-order valence-electron chi connectivity index (χ2n) is 8.09. The maximum atomic E-state index is 12.9. The van der Waals surface area contributed by atoms with E-state index < -0.39 is 0 Å². The molecule has 0 aromatic heterocycles. The average Bonchev–Trinajstić information content (AvgIpc) is 2.60. The number of carbonyl (C=O) groups excluding carboxylic acids is 1. The van der Waals surface area contributed by atoms with Gasteiger partial charge in [0.15, 0.2) is 5.78 Å². The number of alkyl halides is 1. The minimum atomic E-state index is -0.0455. The van der Waals surface area contributed by atoms with E-state index in [1.165, 1.54) is 16.7 Å². The van der Waals surface area contributed by atoms with E-state index in [0.717, 1.165) is 6.42 Å². The average molecular weight is 438 g/mol. The summed E-state index contributed by atoms with van der Waals surface area (Å²) in [6.07, 6.45) is 4.59. The second kappa shape index (κ2) is 8.76. The smallest absolute Gasteiger partial charge is 0.168 e. The SMILES string of the molecule is CCC/C(=N\OCC)C1=C(O)CC(C2=CC(C)(C)C(C)=C(C)C2Br)CC1=O. The van der Waals surface area contributed by atoms with Crippen LogP contribution in [0, 0.1) is 11.3 Å². The molecule has 0 fully saturated rings. The van der Waals surface area contributed by atoms with E-state index in [-0.39, 0.29) is 27.7 Å². The number of allylic oxidation sites excluding steroid dienone is 6. The lowest BCUT2D eigenvalue weighted by Gasteiger charge is -2.38. The van der Waals surface area contributed by atoms with Gasteiger partial charge in [-0.05, 0) is 33.1 Å². The van der Waals surface area contributed by atoms with E-state index in [9.17, 15) is 9.90 Å². The van der Waals surface area contributed by atoms with Crippen molar-refractivity contribution in [3.05, 3.63) is 34.1 Å². The van der Waals surface area contributed by atoms with E-state index >= 15 is 0 Å². The third-order valence-corrected chi connectivity index (χ3v) is 6.96. The second-order valence-corrected chi connectivity index (χ2v) is 9.01. The summed E-state index contributed by atoms with van der Waals surface area (Å²) in [6, 6.07) is 0. The van der Waals surface area contributed by atoms with Gasteiger partial charge < -0.3 is 9.94 Å². The monoisotopic (exact) mass is 437 g/mol. The van der Waals surface area contributed by atoms with Crippen LogP contribution in [0.1, 0.15) is 67.2 Å². The number of halogens is 1. The van der Waals surface area contributed by atoms with Gasteiger partial charge in [0.1, 0.15) is 12.4 Å². The molecule has 27 heavy (non-hydrogen) atoms. The van der Waals surface area contributed by atoms with Crippen molar-refractivity contribution in [2.45, 2.75) is 72.1 Å². The van der Waals surface area contributed by atoms with Crippen LogP contribution in [0.3, 0.4) is 0 Å². The van der Waals surface area contributed by atoms with E-state index in [1.807, 2.05) is 13.8 Å². The van der Waals surface area contributed by atoms with Crippen molar-refractivity contribution in [1.82, 2.24) is 0 Å². The summed E-state index contributed by atoms with van der Waals surface area (Å²) in [5.74, 6) is 0.103. The fourth-order valence-corrected chi connectivity index (χ4v) is 4.77. The lowest BCUT2D eigenvalue weighted by molar-refractivity contribution is -0.116. The topological polar surface area (TPSA) is 58.9 Å². The zero-order valence-corrected chi connectivity index (χ0v) is 18.9. The minimum absolute atomic E-state index is 0.00270. The van der Waals surface area contributed by atoms with Gasteiger partial charge in [0.05, 0.1) is 16.1 Å². The molecule has 2 unspecified atom stereocenters. The maximum absolute atomic E-state index is 12.9. The van der Waals surface area contributed by atoms with Gasteiger partial charge in [-0.25, -0.2) is 0 Å². The summed E-state index contributed by atoms with van der Waals surface area (Å²) in [7, 11) is 0. The van der Waals surface area contributed by atoms with Gasteiger partial charge in [0.25, 0.3) is 0 Å². The number of nitrogens with zero attached hydrogens (tertiary/aromatic N) is 1. The van der Waals surface area contributed by atoms with E-state index in [4.69, 9.17) is 4.84 Å². The molecule has 0 radical (unpaired) electrons. The number of oxime groups is 1. The summed E-state index contributed by atoms with van der Waals surface area (Å²) in [4.78, 5) is 18.2. The molecule has 4 nitrogen and oxygen atoms in total. The first-order chi connectivity index (χ1) is 12.6. The predicted octanol–water partition coefficient (Wildman–Crippen LogP) is 6.04. The first-order valence-electron chi connectivity index (χ1n) is 9.83. The molecular weight excluding hydrogens is 406 g/mol. The Kier molecular flexibility index (Phi) is 7.12. The fourth-order valence-electron chi connectivity index (χ4n) is 3.92. The standard InChI is InChI=1S/C22H32BrNO3/c1-7-9-17(24-27-8-2)20-18(25)10-15(11-19(20)26)16-12-22(5,6)14(4)13(3)21(16)23/h12,15,21,25H,7-11H2,1-6H3/b24-17+. The minimum Gasteiger partial charge on any atom is -0.511 e. The van der Waals surface area contributed by atoms with Gasteiger partial charge in [0, 0.05) is 18.3 Å². The van der Waals surface area contributed by atoms with Crippen LogP contribution in [0.15, 0.2) is 39.3 Å². The van der Waals surface area contributed by atoms with Gasteiger partial charge in [0.2, 0.25) is 0 Å². The molecule has 0 aliphatic heterocycles. The molecule has 2 atom stereocenters. The Bertz CT molecular complexity index is 728. The molecule has 0 heterocycles. The number of hydrogen-bond acceptors (Lipinski definition) is 4. The van der Waals surface area contributed by atoms with Crippen molar-refractivity contribution in [3.63, 3.8) is 0 Å². The van der Waals surface area contributed by atoms with Crippen molar-refractivity contribution < 1.29 is 14.7 Å². The number of rotatable bonds is 6. The van der Waals surface area contributed by atoms with Crippen LogP contribution >= 0.6 is 15.9 Å². The van der Waals surface area contributed by atoms with Crippen LogP contribution in [-0.2, 0) is 9.63 Å². The molecule has 0 aromatic carbocycles. The number of carbonyl (C=O) groups is 1. The molecule has 2 aliphatic carbocycles. The quantitative estimate of drug-likeness (QED) is 0.238. The first kappa shape index (κ1) is 21.9. The number of Topliss-reactive ketones (excluding diaryl/α,β-unsaturated/α-hetero) is 1. The highest BCUT2D eigenvalue weighted by Crippen LogP contribution is 2.46. The van der Waals surface area contributed by atoms with Crippen LogP contribution in [-0.4, -0.2) is 28.0 Å². The van der Waals surface area contributed by atoms with Crippen LogP contribution in [0.4, 0.5) is 0 Å². The fraction of sp³-hybridized carbons (Fsp3) is 0.636. The van der Waals surface area contributed by atoms with Crippen LogP contribution < -0.4 is 0 Å². The van der Waals surface area contributed by atoms with Crippen LogP contribution in [0.5, 0.6) is 0 Å². The zero-order chi connectivity index (χ0) is 20.4. The van der Waals surface area contributed by atoms with E-state index in [2.05, 4.69) is 54.9 Å². The summed E-state index contributed by atoms with van der Waals surface area (Å²) >= 11 is 3.81. The molecule has 0 amide bonds. The summed E-state index contributed by atoms with van der Waals surface area (Å²) < 4.78 is 0. The molecular formula is C22H32BrNO3. The Morgan fingerprint density at radius 2 is 2.00 bits per heavy atom. The molecule has 0 saturated heterocycles. The van der Waals surface area contributed by atoms with Crippen molar-refractivity contribution in [3.8, 4) is 0 Å². The zero-order valence-electron chi connectivity index (χ0n) is 17.4. The molecule has 2 aliphatic rings. The summed E-state index contributed by atoms with van der Waals surface area (Å²) in [5.41, 5.74) is 4.73. The van der Waals surface area contributed by atoms with Gasteiger partial charge in [-0.3, -0.25) is 4.79 Å². The van der Waals surface area contributed by atoms with Crippen LogP contribution in [0.2, 0.25) is 0 Å². The number of hydrogen-bond donors (Lipinski definition) is 1. The summed E-state index contributed by atoms with van der Waals surface area (Å²) in [5, 5.41) is 14.8. The molecule has 2 rings (SSSR count).